The second-order valence-corrected chi connectivity index (χ2v) is 10.5. The lowest BCUT2D eigenvalue weighted by Crippen LogP contribution is -2.38. The Morgan fingerprint density at radius 3 is 2.35 bits per heavy atom. The van der Waals surface area contributed by atoms with E-state index in [9.17, 15) is 9.59 Å². The summed E-state index contributed by atoms with van der Waals surface area (Å²) in [5.74, 6) is 1.22. The fourth-order valence-electron chi connectivity index (χ4n) is 3.63. The predicted octanol–water partition coefficient (Wildman–Crippen LogP) is 5.71. The van der Waals surface area contributed by atoms with E-state index in [4.69, 9.17) is 9.84 Å². The van der Waals surface area contributed by atoms with Crippen LogP contribution in [0, 0.1) is 5.92 Å². The summed E-state index contributed by atoms with van der Waals surface area (Å²) >= 11 is 0. The zero-order valence-corrected chi connectivity index (χ0v) is 22.7. The van der Waals surface area contributed by atoms with Crippen molar-refractivity contribution in [3.8, 4) is 11.4 Å². The molecule has 0 bridgehead atoms. The third-order valence-corrected chi connectivity index (χ3v) is 5.90. The van der Waals surface area contributed by atoms with Gasteiger partial charge in [0.05, 0.1) is 18.5 Å². The Morgan fingerprint density at radius 2 is 1.76 bits per heavy atom. The molecule has 196 valence electrons. The molecule has 0 saturated carbocycles. The Labute approximate surface area is 220 Å². The second-order valence-electron chi connectivity index (χ2n) is 10.5. The fraction of sp³-hybridized carbons (Fsp3) is 0.367. The van der Waals surface area contributed by atoms with Gasteiger partial charge in [0.25, 0.3) is 0 Å². The van der Waals surface area contributed by atoms with E-state index >= 15 is 0 Å². The molecule has 3 rings (SSSR count). The van der Waals surface area contributed by atoms with Crippen LogP contribution in [0.4, 0.5) is 5.82 Å². The van der Waals surface area contributed by atoms with E-state index in [1.54, 1.807) is 22.8 Å². The van der Waals surface area contributed by atoms with E-state index in [1.165, 1.54) is 6.08 Å². The number of carbonyl (C=O) groups excluding carboxylic acids is 2. The summed E-state index contributed by atoms with van der Waals surface area (Å²) in [6, 6.07) is 19.0. The summed E-state index contributed by atoms with van der Waals surface area (Å²) in [7, 11) is 1.62. The van der Waals surface area contributed by atoms with Crippen LogP contribution in [-0.4, -0.2) is 46.7 Å². The molecule has 0 unspecified atom stereocenters. The molecule has 0 saturated heterocycles. The number of carbonyl (C=O) groups is 2. The molecule has 3 aromatic rings. The molecule has 1 aromatic heterocycles. The Kier molecular flexibility index (Phi) is 9.28. The molecule has 1 heterocycles. The Hall–Kier alpha value is -3.87. The van der Waals surface area contributed by atoms with Crippen LogP contribution in [0.1, 0.15) is 52.3 Å². The van der Waals surface area contributed by atoms with Crippen LogP contribution in [-0.2, 0) is 15.0 Å². The Balaban J connectivity index is 1.81. The average molecular weight is 503 g/mol. The van der Waals surface area contributed by atoms with Gasteiger partial charge < -0.3 is 15.0 Å². The van der Waals surface area contributed by atoms with Gasteiger partial charge in [0.1, 0.15) is 18.1 Å². The maximum absolute atomic E-state index is 13.2. The summed E-state index contributed by atoms with van der Waals surface area (Å²) in [6.07, 6.45) is 4.11. The van der Waals surface area contributed by atoms with Crippen molar-refractivity contribution in [2.75, 3.05) is 25.5 Å². The average Bonchev–Trinajstić information content (AvgIpc) is 3.30. The zero-order chi connectivity index (χ0) is 27.0. The largest absolute Gasteiger partial charge is 0.497 e. The first-order valence-corrected chi connectivity index (χ1v) is 12.6. The molecule has 37 heavy (non-hydrogen) atoms. The van der Waals surface area contributed by atoms with Crippen molar-refractivity contribution in [1.29, 1.82) is 0 Å². The lowest BCUT2D eigenvalue weighted by atomic mass is 9.92. The lowest BCUT2D eigenvalue weighted by molar-refractivity contribution is -0.130. The van der Waals surface area contributed by atoms with Crippen molar-refractivity contribution in [2.45, 2.75) is 46.5 Å². The SMILES string of the molecule is COc1ccc(-n2nc(C(C)(C)C)cc2NC(=O)CN(CCC(C)C)C(=O)/C=C/c2ccccc2)cc1. The summed E-state index contributed by atoms with van der Waals surface area (Å²) < 4.78 is 6.99. The molecule has 0 fully saturated rings. The Bertz CT molecular complexity index is 1210. The maximum Gasteiger partial charge on any atom is 0.247 e. The highest BCUT2D eigenvalue weighted by atomic mass is 16.5. The number of nitrogens with zero attached hydrogens (tertiary/aromatic N) is 3. The number of aromatic nitrogens is 2. The number of hydrogen-bond donors (Lipinski definition) is 1. The molecular formula is C30H38N4O3. The van der Waals surface area contributed by atoms with Gasteiger partial charge in [-0.15, -0.1) is 0 Å². The van der Waals surface area contributed by atoms with Crippen molar-refractivity contribution in [3.63, 3.8) is 0 Å². The van der Waals surface area contributed by atoms with Crippen LogP contribution >= 0.6 is 0 Å². The third-order valence-electron chi connectivity index (χ3n) is 5.90. The van der Waals surface area contributed by atoms with Gasteiger partial charge in [-0.05, 0) is 48.2 Å². The summed E-state index contributed by atoms with van der Waals surface area (Å²) in [5, 5.41) is 7.76. The topological polar surface area (TPSA) is 76.5 Å². The molecule has 2 aromatic carbocycles. The molecule has 0 aliphatic rings. The van der Waals surface area contributed by atoms with Crippen LogP contribution in [0.5, 0.6) is 5.75 Å². The molecule has 0 spiro atoms. The van der Waals surface area contributed by atoms with Gasteiger partial charge in [-0.1, -0.05) is 65.0 Å². The first kappa shape index (κ1) is 27.7. The van der Waals surface area contributed by atoms with Crippen molar-refractivity contribution in [3.05, 3.63) is 78.0 Å². The van der Waals surface area contributed by atoms with E-state index in [2.05, 4.69) is 39.9 Å². The minimum atomic E-state index is -0.277. The number of anilines is 1. The normalized spacial score (nSPS) is 11.6. The molecule has 7 nitrogen and oxygen atoms in total. The highest BCUT2D eigenvalue weighted by Crippen LogP contribution is 2.27. The van der Waals surface area contributed by atoms with Gasteiger partial charge >= 0.3 is 0 Å². The lowest BCUT2D eigenvalue weighted by Gasteiger charge is -2.22. The summed E-state index contributed by atoms with van der Waals surface area (Å²) in [5.41, 5.74) is 2.36. The number of ether oxygens (including phenoxy) is 1. The molecule has 0 aliphatic carbocycles. The van der Waals surface area contributed by atoms with Gasteiger partial charge in [0.15, 0.2) is 0 Å². The van der Waals surface area contributed by atoms with Crippen LogP contribution < -0.4 is 10.1 Å². The fourth-order valence-corrected chi connectivity index (χ4v) is 3.63. The number of hydrogen-bond acceptors (Lipinski definition) is 4. The molecule has 2 amide bonds. The predicted molar refractivity (Wildman–Crippen MR) is 149 cm³/mol. The molecule has 0 aliphatic heterocycles. The Morgan fingerprint density at radius 1 is 1.08 bits per heavy atom. The zero-order valence-electron chi connectivity index (χ0n) is 22.7. The van der Waals surface area contributed by atoms with Crippen molar-refractivity contribution >= 4 is 23.7 Å². The monoisotopic (exact) mass is 502 g/mol. The summed E-state index contributed by atoms with van der Waals surface area (Å²) in [6.45, 7) is 10.9. The van der Waals surface area contributed by atoms with Gasteiger partial charge in [0.2, 0.25) is 11.8 Å². The number of methoxy groups -OCH3 is 1. The van der Waals surface area contributed by atoms with Crippen molar-refractivity contribution < 1.29 is 14.3 Å². The van der Waals surface area contributed by atoms with Crippen LogP contribution in [0.15, 0.2) is 66.7 Å². The van der Waals surface area contributed by atoms with Crippen LogP contribution in [0.25, 0.3) is 11.8 Å². The highest BCUT2D eigenvalue weighted by molar-refractivity contribution is 5.97. The minimum Gasteiger partial charge on any atom is -0.497 e. The van der Waals surface area contributed by atoms with Gasteiger partial charge in [-0.3, -0.25) is 9.59 Å². The smallest absolute Gasteiger partial charge is 0.247 e. The minimum absolute atomic E-state index is 0.0523. The number of rotatable bonds is 10. The quantitative estimate of drug-likeness (QED) is 0.361. The second kappa shape index (κ2) is 12.4. The van der Waals surface area contributed by atoms with Gasteiger partial charge in [-0.25, -0.2) is 4.68 Å². The van der Waals surface area contributed by atoms with E-state index in [-0.39, 0.29) is 23.8 Å². The summed E-state index contributed by atoms with van der Waals surface area (Å²) in [4.78, 5) is 27.8. The van der Waals surface area contributed by atoms with E-state index in [1.807, 2.05) is 60.7 Å². The molecule has 0 radical (unpaired) electrons. The maximum atomic E-state index is 13.2. The highest BCUT2D eigenvalue weighted by Gasteiger charge is 2.23. The first-order valence-electron chi connectivity index (χ1n) is 12.6. The molecule has 0 atom stereocenters. The van der Waals surface area contributed by atoms with Crippen LogP contribution in [0.2, 0.25) is 0 Å². The first-order chi connectivity index (χ1) is 17.6. The molecule has 7 heteroatoms. The van der Waals surface area contributed by atoms with E-state index < -0.39 is 0 Å². The van der Waals surface area contributed by atoms with Crippen molar-refractivity contribution in [2.24, 2.45) is 5.92 Å². The van der Waals surface area contributed by atoms with Gasteiger partial charge in [-0.2, -0.15) is 5.10 Å². The number of benzene rings is 2. The van der Waals surface area contributed by atoms with Crippen molar-refractivity contribution in [1.82, 2.24) is 14.7 Å². The standard InChI is InChI=1S/C30H38N4O3/c1-22(2)18-19-33(29(36)17-12-23-10-8-7-9-11-23)21-28(35)31-27-20-26(30(3,4)5)32-34(27)24-13-15-25(37-6)16-14-24/h7-17,20,22H,18-19,21H2,1-6H3,(H,31,35)/b17-12+. The number of amides is 2. The van der Waals surface area contributed by atoms with E-state index in [0.29, 0.717) is 18.3 Å². The molecular weight excluding hydrogens is 464 g/mol. The molecule has 1 N–H and O–H groups in total. The number of nitrogens with one attached hydrogen (secondary N) is 1. The third kappa shape index (κ3) is 8.07. The van der Waals surface area contributed by atoms with Gasteiger partial charge in [0, 0.05) is 24.1 Å². The van der Waals surface area contributed by atoms with E-state index in [0.717, 1.165) is 29.1 Å². The van der Waals surface area contributed by atoms with Crippen LogP contribution in [0.3, 0.4) is 0 Å².